The Morgan fingerprint density at radius 1 is 0.339 bits per heavy atom. The highest BCUT2D eigenvalue weighted by atomic mass is 31.2. The van der Waals surface area contributed by atoms with Crippen molar-refractivity contribution in [2.45, 2.75) is 479 Å². The third kappa shape index (κ3) is 48.8. The highest BCUT2D eigenvalue weighted by Gasteiger charge is 2.60. The van der Waals surface area contributed by atoms with Gasteiger partial charge in [-0.05, 0) is 103 Å². The number of aliphatic hydroxyl groups excluding tert-OH is 9. The van der Waals surface area contributed by atoms with Crippen LogP contribution in [0.4, 0.5) is 0 Å². The standard InChI is InChI=1S/C89H161O25P/c1-5-9-13-17-21-25-29-33-35-39-42-46-50-54-58-62-73(92)106-68-71-77(96)79(98)83(102)89(110-71)113-86-84(111-75(94)64-60-56-52-48-44-40-36-34-30-26-22-18-14-10-6-2)80(99)81(100)85(112-88-82(101)78(97)76(95)70(65-90)109-88)87(86)114-115(103,104)107-67-69(108-74(93)63-59-55-51-47-43-38-32-28-24-20-16-12-8-4)66-105-72(91)61-57-53-49-45-41-37-31-27-23-19-15-11-7-3/h25,29,37-38,41,43,69-71,76-90,95-102H,5-24,26-28,30-36,39-40,42,44-68H2,1-4H3,(H,103,104)/b29-25-,41-37-,43-38-. The molecular formula is C89H161O25P. The van der Waals surface area contributed by atoms with E-state index in [0.29, 0.717) is 38.5 Å². The number of esters is 4. The lowest BCUT2D eigenvalue weighted by molar-refractivity contribution is -0.360. The Bertz CT molecular complexity index is 2540. The van der Waals surface area contributed by atoms with Crippen molar-refractivity contribution in [1.29, 1.82) is 0 Å². The predicted molar refractivity (Wildman–Crippen MR) is 444 cm³/mol. The van der Waals surface area contributed by atoms with Gasteiger partial charge in [-0.1, -0.05) is 282 Å². The molecule has 2 heterocycles. The van der Waals surface area contributed by atoms with Gasteiger partial charge in [0.2, 0.25) is 0 Å². The molecule has 1 aliphatic carbocycles. The van der Waals surface area contributed by atoms with Gasteiger partial charge in [-0.3, -0.25) is 28.2 Å². The second-order valence-corrected chi connectivity index (χ2v) is 33.9. The Morgan fingerprint density at radius 3 is 1.05 bits per heavy atom. The van der Waals surface area contributed by atoms with Crippen LogP contribution in [0.3, 0.4) is 0 Å². The summed E-state index contributed by atoms with van der Waals surface area (Å²) in [5, 5.41) is 102. The lowest BCUT2D eigenvalue weighted by atomic mass is 9.84. The Balaban J connectivity index is 1.93. The molecule has 0 spiro atoms. The molecule has 0 aromatic rings. The third-order valence-corrected chi connectivity index (χ3v) is 23.1. The number of aliphatic hydroxyl groups is 9. The molecule has 3 fully saturated rings. The fraction of sp³-hybridized carbons (Fsp3) is 0.888. The number of rotatable bonds is 73. The van der Waals surface area contributed by atoms with Crippen molar-refractivity contribution >= 4 is 31.7 Å². The highest BCUT2D eigenvalue weighted by Crippen LogP contribution is 2.49. The Kier molecular flexibility index (Phi) is 62.8. The van der Waals surface area contributed by atoms with Crippen LogP contribution in [0.25, 0.3) is 0 Å². The van der Waals surface area contributed by atoms with Gasteiger partial charge < -0.3 is 88.7 Å². The average Bonchev–Trinajstić information content (AvgIpc) is 0.756. The van der Waals surface area contributed by atoms with Gasteiger partial charge in [0.15, 0.2) is 24.8 Å². The van der Waals surface area contributed by atoms with Crippen molar-refractivity contribution in [3.8, 4) is 0 Å². The fourth-order valence-corrected chi connectivity index (χ4v) is 15.7. The predicted octanol–water partition coefficient (Wildman–Crippen LogP) is 16.3. The average molecular weight is 1660 g/mol. The van der Waals surface area contributed by atoms with Crippen LogP contribution in [-0.2, 0) is 70.7 Å². The third-order valence-electron chi connectivity index (χ3n) is 22.1. The van der Waals surface area contributed by atoms with E-state index in [1.807, 2.05) is 0 Å². The van der Waals surface area contributed by atoms with E-state index in [0.717, 1.165) is 141 Å². The zero-order valence-electron chi connectivity index (χ0n) is 71.3. The monoisotopic (exact) mass is 1660 g/mol. The van der Waals surface area contributed by atoms with Crippen LogP contribution < -0.4 is 0 Å². The van der Waals surface area contributed by atoms with Gasteiger partial charge in [-0.25, -0.2) is 4.57 Å². The summed E-state index contributed by atoms with van der Waals surface area (Å²) < 4.78 is 73.3. The number of carbonyl (C=O) groups excluding carboxylic acids is 4. The van der Waals surface area contributed by atoms with Gasteiger partial charge in [0.25, 0.3) is 0 Å². The topological polar surface area (TPSA) is 380 Å². The van der Waals surface area contributed by atoms with Crippen LogP contribution in [0.15, 0.2) is 36.5 Å². The maximum atomic E-state index is 14.9. The van der Waals surface area contributed by atoms with Crippen LogP contribution in [0.1, 0.15) is 374 Å². The van der Waals surface area contributed by atoms with Crippen LogP contribution >= 0.6 is 7.82 Å². The molecule has 672 valence electrons. The summed E-state index contributed by atoms with van der Waals surface area (Å²) in [5.74, 6) is -3.01. The van der Waals surface area contributed by atoms with Crippen molar-refractivity contribution in [3.63, 3.8) is 0 Å². The second-order valence-electron chi connectivity index (χ2n) is 32.4. The molecule has 0 bridgehead atoms. The van der Waals surface area contributed by atoms with Gasteiger partial charge in [0, 0.05) is 25.7 Å². The second kappa shape index (κ2) is 68.3. The number of carbonyl (C=O) groups is 4. The largest absolute Gasteiger partial charge is 0.472 e. The summed E-state index contributed by atoms with van der Waals surface area (Å²) in [7, 11) is -5.81. The van der Waals surface area contributed by atoms with E-state index in [1.54, 1.807) is 0 Å². The summed E-state index contributed by atoms with van der Waals surface area (Å²) in [6, 6.07) is 0. The van der Waals surface area contributed by atoms with Crippen LogP contribution in [0, 0.1) is 0 Å². The van der Waals surface area contributed by atoms with Crippen LogP contribution in [0.2, 0.25) is 0 Å². The minimum Gasteiger partial charge on any atom is -0.463 e. The molecule has 18 unspecified atom stereocenters. The summed E-state index contributed by atoms with van der Waals surface area (Å²) in [6.45, 7) is 5.52. The quantitative estimate of drug-likeness (QED) is 0.00889. The molecule has 0 aromatic heterocycles. The molecule has 26 heteroatoms. The summed E-state index contributed by atoms with van der Waals surface area (Å²) >= 11 is 0. The Labute approximate surface area is 691 Å². The lowest BCUT2D eigenvalue weighted by Crippen LogP contribution is -2.70. The Morgan fingerprint density at radius 2 is 0.652 bits per heavy atom. The number of phosphoric ester groups is 1. The molecule has 1 saturated carbocycles. The van der Waals surface area contributed by atoms with Gasteiger partial charge >= 0.3 is 31.7 Å². The van der Waals surface area contributed by atoms with E-state index in [-0.39, 0.29) is 25.7 Å². The first-order valence-corrected chi connectivity index (χ1v) is 47.2. The van der Waals surface area contributed by atoms with E-state index in [1.165, 1.54) is 141 Å². The smallest absolute Gasteiger partial charge is 0.463 e. The molecule has 3 rings (SSSR count). The molecule has 2 aliphatic heterocycles. The van der Waals surface area contributed by atoms with E-state index < -0.39 is 162 Å². The summed E-state index contributed by atoms with van der Waals surface area (Å²) in [4.78, 5) is 66.3. The molecule has 0 radical (unpaired) electrons. The number of ether oxygens (including phenoxy) is 8. The van der Waals surface area contributed by atoms with Gasteiger partial charge in [-0.2, -0.15) is 0 Å². The number of unbranched alkanes of at least 4 members (excludes halogenated alkanes) is 43. The molecule has 25 nitrogen and oxygen atoms in total. The number of phosphoric acid groups is 1. The summed E-state index contributed by atoms with van der Waals surface area (Å²) in [5.41, 5.74) is 0. The molecule has 0 amide bonds. The molecule has 115 heavy (non-hydrogen) atoms. The minimum atomic E-state index is -5.81. The Hall–Kier alpha value is -3.31. The van der Waals surface area contributed by atoms with E-state index in [2.05, 4.69) is 64.2 Å². The molecule has 0 aromatic carbocycles. The molecule has 10 N–H and O–H groups in total. The van der Waals surface area contributed by atoms with E-state index >= 15 is 0 Å². The lowest BCUT2D eigenvalue weighted by Gasteiger charge is -2.50. The molecule has 2 saturated heterocycles. The highest BCUT2D eigenvalue weighted by molar-refractivity contribution is 7.47. The fourth-order valence-electron chi connectivity index (χ4n) is 14.8. The van der Waals surface area contributed by atoms with Crippen molar-refractivity contribution in [2.75, 3.05) is 26.4 Å². The SMILES string of the molecule is CCCCCC/C=C\CCCCCCCCCC(=O)OCC1OC(OC2C(OC(=O)CCCCCCCCCCCCCCCCC)C(O)C(O)C(OC3OC(CO)C(O)C(O)C3O)C2OP(=O)(O)OCC(COC(=O)CCCCC/C=C\CCCCCCCC)OC(=O)CCCCC/C=C\CCCCCCCC)C(O)C(O)C1O. The van der Waals surface area contributed by atoms with Crippen molar-refractivity contribution in [3.05, 3.63) is 36.5 Å². The zero-order chi connectivity index (χ0) is 84.0. The summed E-state index contributed by atoms with van der Waals surface area (Å²) in [6.07, 6.45) is 28.7. The van der Waals surface area contributed by atoms with Gasteiger partial charge in [0.05, 0.1) is 13.2 Å². The molecule has 18 atom stereocenters. The first-order valence-electron chi connectivity index (χ1n) is 45.7. The zero-order valence-corrected chi connectivity index (χ0v) is 72.2. The number of hydrogen-bond acceptors (Lipinski definition) is 24. The van der Waals surface area contributed by atoms with Crippen molar-refractivity contribution in [1.82, 2.24) is 0 Å². The maximum absolute atomic E-state index is 14.9. The van der Waals surface area contributed by atoms with Crippen molar-refractivity contribution in [2.24, 2.45) is 0 Å². The van der Waals surface area contributed by atoms with Crippen LogP contribution in [-0.4, -0.2) is 205 Å². The first-order chi connectivity index (χ1) is 55.7. The van der Waals surface area contributed by atoms with E-state index in [9.17, 15) is 74.6 Å². The van der Waals surface area contributed by atoms with Crippen LogP contribution in [0.5, 0.6) is 0 Å². The maximum Gasteiger partial charge on any atom is 0.472 e. The van der Waals surface area contributed by atoms with Crippen molar-refractivity contribution < 1.29 is 122 Å². The number of allylic oxidation sites excluding steroid dienone is 6. The minimum absolute atomic E-state index is 0.00765. The van der Waals surface area contributed by atoms with Gasteiger partial charge in [0.1, 0.15) is 92.6 Å². The van der Waals surface area contributed by atoms with Gasteiger partial charge in [-0.15, -0.1) is 0 Å². The van der Waals surface area contributed by atoms with E-state index in [4.69, 9.17) is 46.9 Å². The molecule has 3 aliphatic rings. The normalized spacial score (nSPS) is 25.4. The molecular weight excluding hydrogens is 1500 g/mol. The number of hydrogen-bond donors (Lipinski definition) is 10. The first kappa shape index (κ1) is 106.